The van der Waals surface area contributed by atoms with Crippen molar-refractivity contribution >= 4 is 16.8 Å². The van der Waals surface area contributed by atoms with Gasteiger partial charge in [0, 0.05) is 47.9 Å². The second kappa shape index (κ2) is 9.08. The number of ether oxygens (including phenoxy) is 1. The number of alkyl halides is 1. The van der Waals surface area contributed by atoms with Gasteiger partial charge in [0.25, 0.3) is 5.91 Å². The highest BCUT2D eigenvalue weighted by molar-refractivity contribution is 5.91. The van der Waals surface area contributed by atoms with Gasteiger partial charge in [0.1, 0.15) is 29.5 Å². The summed E-state index contributed by atoms with van der Waals surface area (Å²) >= 11 is 0. The second-order valence-corrected chi connectivity index (χ2v) is 10.8. The third-order valence-electron chi connectivity index (χ3n) is 8.06. The number of likely N-dealkylation sites (tertiary alicyclic amines) is 1. The van der Waals surface area contributed by atoms with Gasteiger partial charge in [0.2, 0.25) is 0 Å². The number of nitrogens with zero attached hydrogens (tertiary/aromatic N) is 2. The van der Waals surface area contributed by atoms with E-state index in [0.29, 0.717) is 12.1 Å². The monoisotopic (exact) mass is 511 g/mol. The molecule has 1 saturated heterocycles. The number of rotatable bonds is 7. The van der Waals surface area contributed by atoms with Crippen molar-refractivity contribution in [3.8, 4) is 5.75 Å². The van der Waals surface area contributed by atoms with Crippen LogP contribution in [0.2, 0.25) is 0 Å². The first-order valence-electron chi connectivity index (χ1n) is 13.3. The number of benzene rings is 2. The van der Waals surface area contributed by atoms with Gasteiger partial charge in [-0.15, -0.1) is 0 Å². The molecule has 37 heavy (non-hydrogen) atoms. The van der Waals surface area contributed by atoms with Crippen LogP contribution >= 0.6 is 0 Å². The summed E-state index contributed by atoms with van der Waals surface area (Å²) in [4.78, 5) is 20.3. The quantitative estimate of drug-likeness (QED) is 0.445. The minimum absolute atomic E-state index is 0.115. The lowest BCUT2D eigenvalue weighted by molar-refractivity contribution is -0.143. The molecule has 0 spiro atoms. The molecular weight excluding hydrogens is 479 g/mol. The number of H-pyrrole nitrogens is 1. The van der Waals surface area contributed by atoms with Gasteiger partial charge >= 0.3 is 0 Å². The van der Waals surface area contributed by atoms with E-state index in [4.69, 9.17) is 4.74 Å². The molecule has 1 saturated carbocycles. The van der Waals surface area contributed by atoms with Crippen LogP contribution in [0.5, 0.6) is 5.75 Å². The zero-order valence-corrected chi connectivity index (χ0v) is 21.2. The highest BCUT2D eigenvalue weighted by Gasteiger charge is 2.56. The van der Waals surface area contributed by atoms with E-state index in [1.807, 2.05) is 31.2 Å². The minimum atomic E-state index is -1.96. The summed E-state index contributed by atoms with van der Waals surface area (Å²) in [6.45, 7) is 6.40. The predicted molar refractivity (Wildman–Crippen MR) is 135 cm³/mol. The highest BCUT2D eigenvalue weighted by atomic mass is 19.1. The first kappa shape index (κ1) is 24.3. The summed E-state index contributed by atoms with van der Waals surface area (Å²) in [5.74, 6) is -2.18. The average molecular weight is 512 g/mol. The smallest absolute Gasteiger partial charge is 0.261 e. The molecular formula is C29H32F3N3O2. The number of hydrogen-bond acceptors (Lipinski definition) is 3. The van der Waals surface area contributed by atoms with E-state index in [2.05, 4.69) is 16.8 Å². The Balaban J connectivity index is 1.37. The largest absolute Gasteiger partial charge is 0.488 e. The third kappa shape index (κ3) is 4.19. The van der Waals surface area contributed by atoms with Crippen molar-refractivity contribution in [1.82, 2.24) is 14.8 Å². The molecule has 196 valence electrons. The number of amides is 1. The van der Waals surface area contributed by atoms with Gasteiger partial charge in [0.15, 0.2) is 5.67 Å². The number of hydrogen-bond donors (Lipinski definition) is 1. The molecule has 0 radical (unpaired) electrons. The highest BCUT2D eigenvalue weighted by Crippen LogP contribution is 2.48. The molecule has 0 unspecified atom stereocenters. The number of para-hydroxylation sites is 1. The molecule has 1 aliphatic carbocycles. The van der Waals surface area contributed by atoms with Crippen molar-refractivity contribution in [3.05, 3.63) is 64.9 Å². The Kier molecular flexibility index (Phi) is 5.97. The van der Waals surface area contributed by atoms with Crippen molar-refractivity contribution in [2.24, 2.45) is 0 Å². The van der Waals surface area contributed by atoms with Crippen LogP contribution in [0.15, 0.2) is 36.4 Å². The van der Waals surface area contributed by atoms with Gasteiger partial charge in [-0.2, -0.15) is 0 Å². The average Bonchev–Trinajstić information content (AvgIpc) is 3.49. The van der Waals surface area contributed by atoms with E-state index in [0.717, 1.165) is 48.9 Å². The lowest BCUT2D eigenvalue weighted by atomic mass is 9.87. The van der Waals surface area contributed by atoms with Crippen LogP contribution in [0.25, 0.3) is 10.9 Å². The fraction of sp³-hybridized carbons (Fsp3) is 0.483. The Morgan fingerprint density at radius 2 is 1.86 bits per heavy atom. The van der Waals surface area contributed by atoms with Gasteiger partial charge in [-0.05, 0) is 50.8 Å². The number of nitrogens with one attached hydrogen (secondary N) is 1. The van der Waals surface area contributed by atoms with Crippen LogP contribution in [0.1, 0.15) is 62.4 Å². The van der Waals surface area contributed by atoms with Crippen LogP contribution in [0, 0.1) is 11.6 Å². The molecule has 2 fully saturated rings. The van der Waals surface area contributed by atoms with E-state index < -0.39 is 35.3 Å². The molecule has 2 aliphatic heterocycles. The van der Waals surface area contributed by atoms with Gasteiger partial charge in [-0.1, -0.05) is 31.5 Å². The van der Waals surface area contributed by atoms with Crippen LogP contribution in [0.3, 0.4) is 0 Å². The number of halogens is 3. The fourth-order valence-electron chi connectivity index (χ4n) is 5.86. The molecule has 1 amide bonds. The molecule has 3 heterocycles. The summed E-state index contributed by atoms with van der Waals surface area (Å²) in [6.07, 6.45) is 2.84. The first-order chi connectivity index (χ1) is 17.8. The molecule has 2 aromatic carbocycles. The predicted octanol–water partition coefficient (Wildman–Crippen LogP) is 5.67. The summed E-state index contributed by atoms with van der Waals surface area (Å²) in [7, 11) is 0. The Hall–Kier alpha value is -3.00. The van der Waals surface area contributed by atoms with E-state index in [-0.39, 0.29) is 30.3 Å². The molecule has 1 aromatic heterocycles. The van der Waals surface area contributed by atoms with Crippen LogP contribution in [0.4, 0.5) is 13.2 Å². The number of aromatic nitrogens is 1. The first-order valence-corrected chi connectivity index (χ1v) is 13.3. The Morgan fingerprint density at radius 1 is 1.16 bits per heavy atom. The maximum atomic E-state index is 15.8. The standard InChI is InChI=1S/C29H32F3N3O2/c1-3-4-11-34-15-19(16-34)37-18-13-22(30)25(23(31)14-18)27-26-21(20-7-5-6-8-24(20)33-26)12-17(2)35(27)28(36)29(32)9-10-29/h5-8,13-14,17,19,27,33H,3-4,9-12,15-16H2,1-2H3/t17-,27-/m1/s1. The molecule has 3 aliphatic rings. The van der Waals surface area contributed by atoms with Crippen molar-refractivity contribution in [3.63, 3.8) is 0 Å². The van der Waals surface area contributed by atoms with Gasteiger partial charge in [-0.25, -0.2) is 13.2 Å². The zero-order valence-electron chi connectivity index (χ0n) is 21.2. The van der Waals surface area contributed by atoms with E-state index >= 15 is 13.2 Å². The molecule has 1 N–H and O–H groups in total. The van der Waals surface area contributed by atoms with E-state index in [1.165, 1.54) is 17.0 Å². The lowest BCUT2D eigenvalue weighted by Gasteiger charge is -2.42. The van der Waals surface area contributed by atoms with Gasteiger partial charge < -0.3 is 14.6 Å². The molecule has 0 bridgehead atoms. The van der Waals surface area contributed by atoms with Crippen molar-refractivity contribution in [1.29, 1.82) is 0 Å². The van der Waals surface area contributed by atoms with Gasteiger partial charge in [-0.3, -0.25) is 9.69 Å². The van der Waals surface area contributed by atoms with Crippen LogP contribution in [-0.4, -0.2) is 58.1 Å². The van der Waals surface area contributed by atoms with Crippen molar-refractivity contribution < 1.29 is 22.7 Å². The maximum Gasteiger partial charge on any atom is 0.261 e. The topological polar surface area (TPSA) is 48.6 Å². The Morgan fingerprint density at radius 3 is 2.54 bits per heavy atom. The zero-order chi connectivity index (χ0) is 25.9. The number of carbonyl (C=O) groups is 1. The Labute approximate surface area is 214 Å². The number of carbonyl (C=O) groups excluding carboxylic acids is 1. The molecule has 3 aromatic rings. The molecule has 8 heteroatoms. The van der Waals surface area contributed by atoms with Crippen LogP contribution < -0.4 is 4.74 Å². The number of aromatic amines is 1. The molecule has 2 atom stereocenters. The van der Waals surface area contributed by atoms with E-state index in [9.17, 15) is 4.79 Å². The fourth-order valence-corrected chi connectivity index (χ4v) is 5.86. The van der Waals surface area contributed by atoms with Crippen LogP contribution in [-0.2, 0) is 11.2 Å². The Bertz CT molecular complexity index is 1320. The number of fused-ring (bicyclic) bond motifs is 3. The lowest BCUT2D eigenvalue weighted by Crippen LogP contribution is -2.53. The molecule has 6 rings (SSSR count). The minimum Gasteiger partial charge on any atom is -0.488 e. The summed E-state index contributed by atoms with van der Waals surface area (Å²) < 4.78 is 52.5. The normalized spacial score (nSPS) is 23.1. The number of unbranched alkanes of at least 4 members (excludes halogenated alkanes) is 1. The summed E-state index contributed by atoms with van der Waals surface area (Å²) in [5, 5.41) is 0.946. The third-order valence-corrected chi connectivity index (χ3v) is 8.06. The maximum absolute atomic E-state index is 15.8. The second-order valence-electron chi connectivity index (χ2n) is 10.8. The van der Waals surface area contributed by atoms with Gasteiger partial charge in [0.05, 0.1) is 5.56 Å². The SMILES string of the molecule is CCCCN1CC(Oc2cc(F)c([C@@H]3c4[nH]c5ccccc5c4C[C@@H](C)N3C(=O)C3(F)CC3)c(F)c2)C1. The van der Waals surface area contributed by atoms with Crippen molar-refractivity contribution in [2.75, 3.05) is 19.6 Å². The van der Waals surface area contributed by atoms with Crippen molar-refractivity contribution in [2.45, 2.75) is 69.8 Å². The summed E-state index contributed by atoms with van der Waals surface area (Å²) in [6, 6.07) is 8.49. The molecule has 5 nitrogen and oxygen atoms in total. The van der Waals surface area contributed by atoms with E-state index in [1.54, 1.807) is 0 Å². The summed E-state index contributed by atoms with van der Waals surface area (Å²) in [5.41, 5.74) is 0.0386.